The monoisotopic (exact) mass is 561 g/mol. The molecule has 0 spiro atoms. The second kappa shape index (κ2) is 11.8. The second-order valence-electron chi connectivity index (χ2n) is 9.18. The Hall–Kier alpha value is -4.35. The molecule has 1 unspecified atom stereocenters. The topological polar surface area (TPSA) is 89.9 Å². The minimum Gasteiger partial charge on any atom is -0.497 e. The number of carbonyl (C=O) groups is 2. The first-order valence-corrected chi connectivity index (χ1v) is 12.5. The predicted octanol–water partition coefficient (Wildman–Crippen LogP) is 4.32. The number of methoxy groups -OCH3 is 1. The first-order chi connectivity index (χ1) is 19.1. The molecule has 2 aromatic carbocycles. The quantitative estimate of drug-likeness (QED) is 0.393. The van der Waals surface area contributed by atoms with Gasteiger partial charge < -0.3 is 24.3 Å². The number of amides is 2. The lowest BCUT2D eigenvalue weighted by molar-refractivity contribution is -0.120. The van der Waals surface area contributed by atoms with Gasteiger partial charge in [0.05, 0.1) is 13.0 Å². The third-order valence-electron chi connectivity index (χ3n) is 6.96. The first-order valence-electron chi connectivity index (χ1n) is 12.5. The summed E-state index contributed by atoms with van der Waals surface area (Å²) in [5.41, 5.74) is -0.687. The number of benzene rings is 2. The van der Waals surface area contributed by atoms with Crippen LogP contribution in [0.3, 0.4) is 0 Å². The van der Waals surface area contributed by atoms with Gasteiger partial charge in [-0.05, 0) is 50.2 Å². The molecule has 0 bridgehead atoms. The van der Waals surface area contributed by atoms with E-state index in [-0.39, 0.29) is 34.9 Å². The number of alkyl halides is 2. The van der Waals surface area contributed by atoms with Crippen LogP contribution in [0.4, 0.5) is 23.2 Å². The highest BCUT2D eigenvalue weighted by Gasteiger charge is 2.49. The molecule has 0 radical (unpaired) electrons. The van der Waals surface area contributed by atoms with Crippen molar-refractivity contribution in [2.45, 2.75) is 39.0 Å². The van der Waals surface area contributed by atoms with E-state index in [9.17, 15) is 23.2 Å². The summed E-state index contributed by atoms with van der Waals surface area (Å²) < 4.78 is 66.0. The van der Waals surface area contributed by atoms with E-state index in [0.29, 0.717) is 6.54 Å². The smallest absolute Gasteiger partial charge is 0.387 e. The lowest BCUT2D eigenvalue weighted by Crippen LogP contribution is -2.39. The van der Waals surface area contributed by atoms with Crippen LogP contribution >= 0.6 is 0 Å². The van der Waals surface area contributed by atoms with Crippen molar-refractivity contribution >= 4 is 17.5 Å². The van der Waals surface area contributed by atoms with Crippen molar-refractivity contribution in [1.29, 1.82) is 0 Å². The maximum Gasteiger partial charge on any atom is 0.387 e. The van der Waals surface area contributed by atoms with E-state index in [1.54, 1.807) is 26.1 Å². The average Bonchev–Trinajstić information content (AvgIpc) is 3.15. The highest BCUT2D eigenvalue weighted by molar-refractivity contribution is 6.00. The van der Waals surface area contributed by atoms with Gasteiger partial charge in [-0.2, -0.15) is 8.78 Å². The van der Waals surface area contributed by atoms with Crippen molar-refractivity contribution < 1.29 is 36.6 Å². The number of halogens is 4. The average molecular weight is 562 g/mol. The van der Waals surface area contributed by atoms with E-state index in [0.717, 1.165) is 12.1 Å². The number of pyridine rings is 1. The van der Waals surface area contributed by atoms with Crippen LogP contribution in [0, 0.1) is 17.6 Å². The van der Waals surface area contributed by atoms with E-state index in [4.69, 9.17) is 4.74 Å². The van der Waals surface area contributed by atoms with Crippen LogP contribution in [0.25, 0.3) is 0 Å². The molecule has 0 aliphatic carbocycles. The Balaban J connectivity index is 1.69. The van der Waals surface area contributed by atoms with Crippen LogP contribution in [-0.2, 0) is 11.3 Å². The molecule has 40 heavy (non-hydrogen) atoms. The van der Waals surface area contributed by atoms with E-state index in [1.807, 2.05) is 0 Å². The van der Waals surface area contributed by atoms with Crippen LogP contribution in [0.5, 0.6) is 11.5 Å². The number of nitrogens with one attached hydrogen (secondary N) is 1. The molecule has 2 heterocycles. The summed E-state index contributed by atoms with van der Waals surface area (Å²) in [5, 5.41) is 2.59. The number of nitrogens with zero attached hydrogens (tertiary/aromatic N) is 2. The van der Waals surface area contributed by atoms with E-state index >= 15 is 8.78 Å². The maximum absolute atomic E-state index is 15.3. The van der Waals surface area contributed by atoms with Gasteiger partial charge in [0, 0.05) is 54.5 Å². The predicted molar refractivity (Wildman–Crippen MR) is 138 cm³/mol. The number of ether oxygens (including phenoxy) is 2. The highest BCUT2D eigenvalue weighted by atomic mass is 19.3. The Morgan fingerprint density at radius 2 is 1.70 bits per heavy atom. The fourth-order valence-electron chi connectivity index (χ4n) is 5.07. The molecule has 3 atom stereocenters. The van der Waals surface area contributed by atoms with Crippen LogP contribution in [-0.4, -0.2) is 42.7 Å². The summed E-state index contributed by atoms with van der Waals surface area (Å²) >= 11 is 0. The van der Waals surface area contributed by atoms with Crippen molar-refractivity contribution in [2.24, 2.45) is 5.92 Å². The number of carbonyl (C=O) groups excluding carboxylic acids is 2. The van der Waals surface area contributed by atoms with Gasteiger partial charge in [-0.3, -0.25) is 14.4 Å². The molecule has 12 heteroatoms. The summed E-state index contributed by atoms with van der Waals surface area (Å²) in [6, 6.07) is 9.09. The van der Waals surface area contributed by atoms with Gasteiger partial charge in [0.1, 0.15) is 28.8 Å². The number of aromatic nitrogens is 1. The minimum atomic E-state index is -3.03. The standard InChI is InChI=1S/C28H27F4N3O5/c1-4-34-11-5-6-22(27(34)38)35-15(2)23(24-20(29)12-18(39-3)13-21(24)30)19(26(35)37)14-33-25(36)16-7-9-17(10-8-16)40-28(31)32/h5-13,15,19,23,28H,4,14H2,1-3H3,(H,33,36)/t15-,19?,23-/m1/s1. The van der Waals surface area contributed by atoms with Crippen LogP contribution in [0.15, 0.2) is 59.5 Å². The third-order valence-corrected chi connectivity index (χ3v) is 6.96. The lowest BCUT2D eigenvalue weighted by Gasteiger charge is -2.26. The number of hydrogen-bond donors (Lipinski definition) is 1. The Morgan fingerprint density at radius 3 is 2.27 bits per heavy atom. The summed E-state index contributed by atoms with van der Waals surface area (Å²) in [5.74, 6) is -5.55. The molecule has 1 fully saturated rings. The molecule has 2 amide bonds. The van der Waals surface area contributed by atoms with Gasteiger partial charge in [-0.15, -0.1) is 0 Å². The van der Waals surface area contributed by atoms with Crippen molar-refractivity contribution in [2.75, 3.05) is 18.6 Å². The minimum absolute atomic E-state index is 0.0459. The second-order valence-corrected chi connectivity index (χ2v) is 9.18. The maximum atomic E-state index is 15.3. The Labute approximate surface area is 227 Å². The van der Waals surface area contributed by atoms with Crippen molar-refractivity contribution in [1.82, 2.24) is 9.88 Å². The van der Waals surface area contributed by atoms with Gasteiger partial charge in [0.2, 0.25) is 5.91 Å². The van der Waals surface area contributed by atoms with Crippen molar-refractivity contribution in [3.05, 3.63) is 87.8 Å². The van der Waals surface area contributed by atoms with Gasteiger partial charge in [-0.25, -0.2) is 8.78 Å². The Kier molecular flexibility index (Phi) is 8.46. The molecule has 3 aromatic rings. The van der Waals surface area contributed by atoms with Gasteiger partial charge in [0.15, 0.2) is 0 Å². The van der Waals surface area contributed by atoms with Crippen LogP contribution < -0.4 is 25.2 Å². The molecule has 0 saturated carbocycles. The SMILES string of the molecule is CCn1cccc(N2C(=O)C(CNC(=O)c3ccc(OC(F)F)cc3)[C@H](c3c(F)cc(OC)cc3F)[C@H]2C)c1=O. The van der Waals surface area contributed by atoms with Gasteiger partial charge >= 0.3 is 6.61 Å². The molecule has 8 nitrogen and oxygen atoms in total. The molecule has 1 N–H and O–H groups in total. The molecular weight excluding hydrogens is 534 g/mol. The third kappa shape index (κ3) is 5.51. The molecule has 212 valence electrons. The van der Waals surface area contributed by atoms with Crippen molar-refractivity contribution in [3.8, 4) is 11.5 Å². The highest BCUT2D eigenvalue weighted by Crippen LogP contribution is 2.43. The van der Waals surface area contributed by atoms with E-state index in [2.05, 4.69) is 10.1 Å². The van der Waals surface area contributed by atoms with Crippen LogP contribution in [0.1, 0.15) is 35.7 Å². The summed E-state index contributed by atoms with van der Waals surface area (Å²) in [6.07, 6.45) is 1.56. The summed E-state index contributed by atoms with van der Waals surface area (Å²) in [6.45, 7) is 0.334. The Morgan fingerprint density at radius 1 is 1.05 bits per heavy atom. The molecule has 4 rings (SSSR count). The van der Waals surface area contributed by atoms with Gasteiger partial charge in [-0.1, -0.05) is 0 Å². The van der Waals surface area contributed by atoms with E-state index < -0.39 is 53.5 Å². The molecule has 1 saturated heterocycles. The molecule has 1 aromatic heterocycles. The summed E-state index contributed by atoms with van der Waals surface area (Å²) in [4.78, 5) is 40.9. The summed E-state index contributed by atoms with van der Waals surface area (Å²) in [7, 11) is 1.26. The normalized spacial score (nSPS) is 18.8. The largest absolute Gasteiger partial charge is 0.497 e. The van der Waals surface area contributed by atoms with Gasteiger partial charge in [0.25, 0.3) is 11.5 Å². The fraction of sp³-hybridized carbons (Fsp3) is 0.321. The lowest BCUT2D eigenvalue weighted by atomic mass is 9.83. The van der Waals surface area contributed by atoms with E-state index in [1.165, 1.54) is 46.9 Å². The van der Waals surface area contributed by atoms with Crippen LogP contribution in [0.2, 0.25) is 0 Å². The number of aryl methyl sites for hydroxylation is 1. The molecule has 1 aliphatic heterocycles. The first kappa shape index (κ1) is 28.7. The molecular formula is C28H27F4N3O5. The zero-order valence-electron chi connectivity index (χ0n) is 21.9. The zero-order valence-corrected chi connectivity index (χ0v) is 21.9. The fourth-order valence-corrected chi connectivity index (χ4v) is 5.07. The molecule has 1 aliphatic rings. The van der Waals surface area contributed by atoms with Crippen molar-refractivity contribution in [3.63, 3.8) is 0 Å². The Bertz CT molecular complexity index is 1440. The number of anilines is 1. The number of rotatable bonds is 9. The zero-order chi connectivity index (χ0) is 29.1. The number of hydrogen-bond acceptors (Lipinski definition) is 5.